The van der Waals surface area contributed by atoms with Gasteiger partial charge in [-0.25, -0.2) is 4.39 Å². The molecule has 0 bridgehead atoms. The molecular weight excluding hydrogens is 149 g/mol. The summed E-state index contributed by atoms with van der Waals surface area (Å²) in [6.45, 7) is 2.00. The zero-order chi connectivity index (χ0) is 8.48. The maximum Gasteiger partial charge on any atom is 0.326 e. The fourth-order valence-electron chi connectivity index (χ4n) is 1.17. The third-order valence-electron chi connectivity index (χ3n) is 1.85. The van der Waals surface area contributed by atoms with Gasteiger partial charge in [-0.2, -0.15) is 0 Å². The Kier molecular flexibility index (Phi) is 2.13. The maximum atomic E-state index is 12.3. The van der Waals surface area contributed by atoms with Crippen molar-refractivity contribution in [2.45, 2.75) is 31.5 Å². The van der Waals surface area contributed by atoms with Crippen LogP contribution in [0.15, 0.2) is 0 Å². The molecule has 0 spiro atoms. The van der Waals surface area contributed by atoms with Crippen molar-refractivity contribution in [3.05, 3.63) is 0 Å². The van der Waals surface area contributed by atoms with E-state index in [1.165, 1.54) is 0 Å². The van der Waals surface area contributed by atoms with Gasteiger partial charge in [0.1, 0.15) is 11.7 Å². The van der Waals surface area contributed by atoms with Gasteiger partial charge in [-0.15, -0.1) is 0 Å². The molecule has 0 aromatic heterocycles. The fourth-order valence-corrected chi connectivity index (χ4v) is 1.17. The van der Waals surface area contributed by atoms with Crippen LogP contribution in [0.4, 0.5) is 4.39 Å². The first-order valence-corrected chi connectivity index (χ1v) is 3.68. The number of nitrogens with two attached hydrogens (primary N) is 1. The Labute approximate surface area is 64.7 Å². The van der Waals surface area contributed by atoms with E-state index >= 15 is 0 Å². The van der Waals surface area contributed by atoms with Crippen molar-refractivity contribution >= 4 is 5.97 Å². The summed E-state index contributed by atoms with van der Waals surface area (Å²) in [6, 6.07) is 0. The van der Waals surface area contributed by atoms with E-state index in [-0.39, 0.29) is 12.8 Å². The predicted molar refractivity (Wildman–Crippen MR) is 37.7 cm³/mol. The highest BCUT2D eigenvalue weighted by atomic mass is 19.1. The van der Waals surface area contributed by atoms with Crippen molar-refractivity contribution in [3.63, 3.8) is 0 Å². The first kappa shape index (κ1) is 8.46. The molecule has 0 atom stereocenters. The molecule has 1 aliphatic rings. The van der Waals surface area contributed by atoms with E-state index in [1.807, 2.05) is 0 Å². The molecule has 0 aromatic carbocycles. The van der Waals surface area contributed by atoms with Crippen molar-refractivity contribution in [1.82, 2.24) is 0 Å². The van der Waals surface area contributed by atoms with E-state index in [4.69, 9.17) is 5.73 Å². The van der Waals surface area contributed by atoms with Crippen molar-refractivity contribution in [2.75, 3.05) is 6.61 Å². The molecule has 2 N–H and O–H groups in total. The van der Waals surface area contributed by atoms with Gasteiger partial charge in [0.05, 0.1) is 6.61 Å². The summed E-state index contributed by atoms with van der Waals surface area (Å²) >= 11 is 0. The Morgan fingerprint density at radius 3 is 2.73 bits per heavy atom. The van der Waals surface area contributed by atoms with Gasteiger partial charge in [0.25, 0.3) is 0 Å². The van der Waals surface area contributed by atoms with Crippen LogP contribution < -0.4 is 5.73 Å². The van der Waals surface area contributed by atoms with Crippen LogP contribution >= 0.6 is 0 Å². The molecule has 1 fully saturated rings. The number of rotatable bonds is 2. The van der Waals surface area contributed by atoms with Crippen LogP contribution in [0.3, 0.4) is 0 Å². The first-order chi connectivity index (χ1) is 5.08. The highest BCUT2D eigenvalue weighted by Crippen LogP contribution is 2.33. The van der Waals surface area contributed by atoms with E-state index in [2.05, 4.69) is 4.74 Å². The van der Waals surface area contributed by atoms with Crippen LogP contribution in [0.1, 0.15) is 19.8 Å². The van der Waals surface area contributed by atoms with Crippen molar-refractivity contribution in [3.8, 4) is 0 Å². The monoisotopic (exact) mass is 161 g/mol. The van der Waals surface area contributed by atoms with Gasteiger partial charge in [0, 0.05) is 12.8 Å². The summed E-state index contributed by atoms with van der Waals surface area (Å²) in [5, 5.41) is 0. The highest BCUT2D eigenvalue weighted by molar-refractivity contribution is 5.82. The van der Waals surface area contributed by atoms with Gasteiger partial charge in [-0.1, -0.05) is 0 Å². The smallest absolute Gasteiger partial charge is 0.326 e. The standard InChI is InChI=1S/C7H12FNO2/c1-2-11-6(10)7(9)3-5(8)4-7/h5H,2-4,9H2,1H3. The average molecular weight is 161 g/mol. The molecule has 0 aliphatic heterocycles. The Bertz CT molecular complexity index is 166. The van der Waals surface area contributed by atoms with Gasteiger partial charge >= 0.3 is 5.97 Å². The molecular formula is C7H12FNO2. The number of esters is 1. The fraction of sp³-hybridized carbons (Fsp3) is 0.857. The van der Waals surface area contributed by atoms with Crippen LogP contribution in [0.2, 0.25) is 0 Å². The molecule has 0 amide bonds. The maximum absolute atomic E-state index is 12.3. The van der Waals surface area contributed by atoms with Crippen LogP contribution in [-0.2, 0) is 9.53 Å². The molecule has 0 radical (unpaired) electrons. The lowest BCUT2D eigenvalue weighted by Gasteiger charge is -2.37. The lowest BCUT2D eigenvalue weighted by molar-refractivity contribution is -0.155. The number of carbonyl (C=O) groups excluding carboxylic acids is 1. The summed E-state index contributed by atoms with van der Waals surface area (Å²) in [5.74, 6) is -0.478. The van der Waals surface area contributed by atoms with Gasteiger partial charge < -0.3 is 10.5 Å². The molecule has 3 nitrogen and oxygen atoms in total. The molecule has 0 saturated heterocycles. The van der Waals surface area contributed by atoms with Crippen LogP contribution in [0.25, 0.3) is 0 Å². The first-order valence-electron chi connectivity index (χ1n) is 3.68. The molecule has 64 valence electrons. The van der Waals surface area contributed by atoms with Crippen LogP contribution in [-0.4, -0.2) is 24.3 Å². The molecule has 0 unspecified atom stereocenters. The van der Waals surface area contributed by atoms with E-state index in [1.54, 1.807) is 6.92 Å². The van der Waals surface area contributed by atoms with Gasteiger partial charge in [0.2, 0.25) is 0 Å². The van der Waals surface area contributed by atoms with E-state index in [0.29, 0.717) is 6.61 Å². The Balaban J connectivity index is 2.41. The molecule has 4 heteroatoms. The molecule has 0 heterocycles. The molecule has 1 aliphatic carbocycles. The zero-order valence-corrected chi connectivity index (χ0v) is 6.47. The molecule has 11 heavy (non-hydrogen) atoms. The lowest BCUT2D eigenvalue weighted by Crippen LogP contribution is -2.59. The molecule has 1 saturated carbocycles. The predicted octanol–water partition coefficient (Wildman–Crippen LogP) is 0.379. The minimum Gasteiger partial charge on any atom is -0.465 e. The third kappa shape index (κ3) is 1.50. The SMILES string of the molecule is CCOC(=O)C1(N)CC(F)C1. The van der Waals surface area contributed by atoms with E-state index in [0.717, 1.165) is 0 Å². The van der Waals surface area contributed by atoms with Gasteiger partial charge in [-0.05, 0) is 6.92 Å². The van der Waals surface area contributed by atoms with Crippen molar-refractivity contribution < 1.29 is 13.9 Å². The second kappa shape index (κ2) is 2.77. The Hall–Kier alpha value is -0.640. The number of alkyl halides is 1. The second-order valence-corrected chi connectivity index (χ2v) is 2.88. The number of ether oxygens (including phenoxy) is 1. The van der Waals surface area contributed by atoms with Crippen LogP contribution in [0, 0.1) is 0 Å². The van der Waals surface area contributed by atoms with Gasteiger partial charge in [-0.3, -0.25) is 4.79 Å². The Morgan fingerprint density at radius 1 is 1.82 bits per heavy atom. The second-order valence-electron chi connectivity index (χ2n) is 2.88. The summed E-state index contributed by atoms with van der Waals surface area (Å²) in [6.07, 6.45) is -0.720. The van der Waals surface area contributed by atoms with Gasteiger partial charge in [0.15, 0.2) is 0 Å². The molecule has 1 rings (SSSR count). The van der Waals surface area contributed by atoms with E-state index < -0.39 is 17.7 Å². The van der Waals surface area contributed by atoms with E-state index in [9.17, 15) is 9.18 Å². The number of hydrogen-bond acceptors (Lipinski definition) is 3. The topological polar surface area (TPSA) is 52.3 Å². The quantitative estimate of drug-likeness (QED) is 0.595. The minimum atomic E-state index is -1.03. The third-order valence-corrected chi connectivity index (χ3v) is 1.85. The summed E-state index contributed by atoms with van der Waals surface area (Å²) in [4.78, 5) is 11.0. The average Bonchev–Trinajstić information content (AvgIpc) is 1.85. The molecule has 0 aromatic rings. The summed E-state index contributed by atoms with van der Waals surface area (Å²) in [5.41, 5.74) is 4.48. The van der Waals surface area contributed by atoms with Crippen molar-refractivity contribution in [1.29, 1.82) is 0 Å². The summed E-state index contributed by atoms with van der Waals surface area (Å²) in [7, 11) is 0. The Morgan fingerprint density at radius 2 is 2.36 bits per heavy atom. The van der Waals surface area contributed by atoms with Crippen LogP contribution in [0.5, 0.6) is 0 Å². The number of hydrogen-bond donors (Lipinski definition) is 1. The lowest BCUT2D eigenvalue weighted by atomic mass is 9.76. The normalized spacial score (nSPS) is 36.1. The highest BCUT2D eigenvalue weighted by Gasteiger charge is 2.48. The zero-order valence-electron chi connectivity index (χ0n) is 6.47. The number of halogens is 1. The summed E-state index contributed by atoms with van der Waals surface area (Å²) < 4.78 is 17.0. The minimum absolute atomic E-state index is 0.103. The van der Waals surface area contributed by atoms with Crippen molar-refractivity contribution in [2.24, 2.45) is 5.73 Å². The number of carbonyl (C=O) groups is 1. The largest absolute Gasteiger partial charge is 0.465 e.